The number of amides is 2. The fraction of sp³-hybridized carbons (Fsp3) is 0.500. The summed E-state index contributed by atoms with van der Waals surface area (Å²) < 4.78 is 10.7. The molecule has 2 fully saturated rings. The van der Waals surface area contributed by atoms with E-state index in [0.29, 0.717) is 47.8 Å². The normalized spacial score (nSPS) is 15.1. The van der Waals surface area contributed by atoms with Crippen LogP contribution in [0.15, 0.2) is 42.0 Å². The van der Waals surface area contributed by atoms with Crippen molar-refractivity contribution >= 4 is 63.0 Å². The SMILES string of the molecule is CC(C)(C)OC(=O)N1CCN(c2ncnc3c(Cl)nccc23)CC1.CC(C)(C)OC(=O)N1CCNCC1.O=c1[nH]cnc2c(Cl)nccc12. The number of anilines is 1. The third-order valence-corrected chi connectivity index (χ3v) is 7.55. The Labute approximate surface area is 294 Å². The average molecular weight is 718 g/mol. The van der Waals surface area contributed by atoms with Crippen LogP contribution in [0.3, 0.4) is 0 Å². The van der Waals surface area contributed by atoms with Crippen LogP contribution in [-0.4, -0.2) is 115 Å². The van der Waals surface area contributed by atoms with E-state index in [2.05, 4.69) is 40.1 Å². The van der Waals surface area contributed by atoms with Gasteiger partial charge in [-0.3, -0.25) is 4.79 Å². The molecule has 17 heteroatoms. The molecule has 2 amide bonds. The number of nitrogens with zero attached hydrogens (tertiary/aromatic N) is 8. The molecule has 0 spiro atoms. The van der Waals surface area contributed by atoms with Crippen molar-refractivity contribution < 1.29 is 19.1 Å². The van der Waals surface area contributed by atoms with Crippen LogP contribution in [0, 0.1) is 0 Å². The number of halogens is 2. The third kappa shape index (κ3) is 10.8. The Kier molecular flexibility index (Phi) is 12.5. The first-order valence-electron chi connectivity index (χ1n) is 15.8. The molecule has 4 aromatic heterocycles. The van der Waals surface area contributed by atoms with E-state index in [-0.39, 0.29) is 28.5 Å². The smallest absolute Gasteiger partial charge is 0.410 e. The van der Waals surface area contributed by atoms with E-state index in [9.17, 15) is 14.4 Å². The number of carbonyl (C=O) groups is 2. The van der Waals surface area contributed by atoms with Gasteiger partial charge in [0, 0.05) is 70.1 Å². The molecule has 4 aromatic rings. The monoisotopic (exact) mass is 716 g/mol. The minimum absolute atomic E-state index is 0.200. The van der Waals surface area contributed by atoms with Crippen molar-refractivity contribution in [3.8, 4) is 0 Å². The van der Waals surface area contributed by atoms with Crippen molar-refractivity contribution in [2.45, 2.75) is 52.7 Å². The van der Waals surface area contributed by atoms with Gasteiger partial charge in [-0.15, -0.1) is 0 Å². The molecule has 0 atom stereocenters. The van der Waals surface area contributed by atoms with Gasteiger partial charge in [0.25, 0.3) is 5.56 Å². The third-order valence-electron chi connectivity index (χ3n) is 7.00. The quantitative estimate of drug-likeness (QED) is 0.264. The summed E-state index contributed by atoms with van der Waals surface area (Å²) in [5.74, 6) is 0.813. The summed E-state index contributed by atoms with van der Waals surface area (Å²) in [4.78, 5) is 63.2. The molecule has 2 saturated heterocycles. The van der Waals surface area contributed by atoms with Gasteiger partial charge in [-0.2, -0.15) is 0 Å². The number of rotatable bonds is 1. The van der Waals surface area contributed by atoms with Crippen LogP contribution in [0.4, 0.5) is 15.4 Å². The molecule has 2 aliphatic heterocycles. The topological polar surface area (TPSA) is 172 Å². The van der Waals surface area contributed by atoms with E-state index in [1.54, 1.807) is 22.1 Å². The highest BCUT2D eigenvalue weighted by molar-refractivity contribution is 6.34. The molecule has 0 aromatic carbocycles. The lowest BCUT2D eigenvalue weighted by Crippen LogP contribution is -2.50. The van der Waals surface area contributed by atoms with Gasteiger partial charge in [0.15, 0.2) is 10.3 Å². The van der Waals surface area contributed by atoms with Crippen molar-refractivity contribution in [2.75, 3.05) is 57.3 Å². The lowest BCUT2D eigenvalue weighted by Gasteiger charge is -2.36. The van der Waals surface area contributed by atoms with Crippen molar-refractivity contribution in [1.82, 2.24) is 45.0 Å². The highest BCUT2D eigenvalue weighted by Crippen LogP contribution is 2.27. The summed E-state index contributed by atoms with van der Waals surface area (Å²) in [6.07, 6.45) is 5.44. The maximum atomic E-state index is 12.1. The predicted molar refractivity (Wildman–Crippen MR) is 188 cm³/mol. The van der Waals surface area contributed by atoms with Crippen molar-refractivity contribution in [3.05, 3.63) is 57.8 Å². The zero-order valence-electron chi connectivity index (χ0n) is 28.5. The number of fused-ring (bicyclic) bond motifs is 2. The largest absolute Gasteiger partial charge is 0.444 e. The fourth-order valence-electron chi connectivity index (χ4n) is 4.76. The Morgan fingerprint density at radius 1 is 0.714 bits per heavy atom. The number of aromatic nitrogens is 6. The van der Waals surface area contributed by atoms with Gasteiger partial charge in [-0.1, -0.05) is 23.2 Å². The average Bonchev–Trinajstić information content (AvgIpc) is 3.05. The molecule has 264 valence electrons. The van der Waals surface area contributed by atoms with E-state index < -0.39 is 5.60 Å². The zero-order valence-corrected chi connectivity index (χ0v) is 30.0. The first kappa shape index (κ1) is 37.5. The van der Waals surface area contributed by atoms with Crippen LogP contribution in [0.25, 0.3) is 21.8 Å². The number of nitrogens with one attached hydrogen (secondary N) is 2. The molecule has 2 N–H and O–H groups in total. The van der Waals surface area contributed by atoms with Crippen LogP contribution in [-0.2, 0) is 9.47 Å². The number of hydrogen-bond acceptors (Lipinski definition) is 12. The van der Waals surface area contributed by atoms with E-state index in [4.69, 9.17) is 32.7 Å². The number of carbonyl (C=O) groups excluding carboxylic acids is 2. The van der Waals surface area contributed by atoms with Crippen molar-refractivity contribution in [1.29, 1.82) is 0 Å². The highest BCUT2D eigenvalue weighted by Gasteiger charge is 2.27. The van der Waals surface area contributed by atoms with Gasteiger partial charge in [0.2, 0.25) is 0 Å². The second kappa shape index (κ2) is 16.4. The maximum Gasteiger partial charge on any atom is 0.410 e. The maximum absolute atomic E-state index is 12.1. The summed E-state index contributed by atoms with van der Waals surface area (Å²) in [5.41, 5.74) is -0.00561. The van der Waals surface area contributed by atoms with Gasteiger partial charge in [-0.05, 0) is 53.7 Å². The number of pyridine rings is 2. The molecule has 6 rings (SSSR count). The molecule has 0 bridgehead atoms. The standard InChI is InChI=1S/C16H20ClN5O2.C9H18N2O2.C7H4ClN3O/c1-16(2,3)24-15(23)22-8-6-21(7-9-22)14-11-4-5-18-13(17)12(11)19-10-20-14;1-9(2,3)13-8(12)11-6-4-10-5-7-11;8-6-5-4(1-2-9-6)7(12)11-3-10-5/h4-5,10H,6-9H2,1-3H3;10H,4-7H2,1-3H3;1-3H,(H,10,11,12). The van der Waals surface area contributed by atoms with Crippen molar-refractivity contribution in [3.63, 3.8) is 0 Å². The molecule has 15 nitrogen and oxygen atoms in total. The Hall–Kier alpha value is -4.34. The van der Waals surface area contributed by atoms with Gasteiger partial charge in [0.1, 0.15) is 34.4 Å². The Morgan fingerprint density at radius 3 is 1.76 bits per heavy atom. The number of ether oxygens (including phenoxy) is 2. The molecule has 49 heavy (non-hydrogen) atoms. The molecule has 0 radical (unpaired) electrons. The Bertz CT molecular complexity index is 1800. The van der Waals surface area contributed by atoms with Crippen LogP contribution in [0.5, 0.6) is 0 Å². The van der Waals surface area contributed by atoms with Crippen molar-refractivity contribution in [2.24, 2.45) is 0 Å². The lowest BCUT2D eigenvalue weighted by atomic mass is 10.2. The lowest BCUT2D eigenvalue weighted by molar-refractivity contribution is 0.0223. The summed E-state index contributed by atoms with van der Waals surface area (Å²) in [5, 5.41) is 5.12. The number of piperazine rings is 2. The van der Waals surface area contributed by atoms with E-state index in [1.807, 2.05) is 47.6 Å². The first-order chi connectivity index (χ1) is 23.1. The van der Waals surface area contributed by atoms with E-state index in [1.165, 1.54) is 18.9 Å². The van der Waals surface area contributed by atoms with E-state index >= 15 is 0 Å². The minimum atomic E-state index is -0.485. The van der Waals surface area contributed by atoms with Crippen LogP contribution in [0.1, 0.15) is 41.5 Å². The summed E-state index contributed by atoms with van der Waals surface area (Å²) in [6.45, 7) is 17.0. The van der Waals surface area contributed by atoms with Gasteiger partial charge >= 0.3 is 12.2 Å². The summed E-state index contributed by atoms with van der Waals surface area (Å²) >= 11 is 11.8. The summed E-state index contributed by atoms with van der Waals surface area (Å²) in [7, 11) is 0. The van der Waals surface area contributed by atoms with Gasteiger partial charge < -0.3 is 34.5 Å². The van der Waals surface area contributed by atoms with Crippen LogP contribution < -0.4 is 15.8 Å². The fourth-order valence-corrected chi connectivity index (χ4v) is 5.18. The van der Waals surface area contributed by atoms with Crippen LogP contribution >= 0.6 is 23.2 Å². The second-order valence-corrected chi connectivity index (χ2v) is 13.8. The molecule has 6 heterocycles. The Balaban J connectivity index is 0.000000182. The molecule has 0 saturated carbocycles. The molecular formula is C32H42Cl2N10O5. The van der Waals surface area contributed by atoms with E-state index in [0.717, 1.165) is 37.4 Å². The van der Waals surface area contributed by atoms with Gasteiger partial charge in [-0.25, -0.2) is 34.5 Å². The highest BCUT2D eigenvalue weighted by atomic mass is 35.5. The predicted octanol–water partition coefficient (Wildman–Crippen LogP) is 4.53. The number of aromatic amines is 1. The molecular weight excluding hydrogens is 675 g/mol. The zero-order chi connectivity index (χ0) is 35.8. The molecule has 2 aliphatic rings. The number of hydrogen-bond donors (Lipinski definition) is 2. The number of H-pyrrole nitrogens is 1. The minimum Gasteiger partial charge on any atom is -0.444 e. The summed E-state index contributed by atoms with van der Waals surface area (Å²) in [6, 6.07) is 3.43. The van der Waals surface area contributed by atoms with Crippen LogP contribution in [0.2, 0.25) is 10.3 Å². The Morgan fingerprint density at radius 2 is 1.22 bits per heavy atom. The second-order valence-electron chi connectivity index (χ2n) is 13.1. The first-order valence-corrected chi connectivity index (χ1v) is 16.5. The van der Waals surface area contributed by atoms with Gasteiger partial charge in [0.05, 0.1) is 11.7 Å². The molecule has 0 unspecified atom stereocenters. The molecule has 0 aliphatic carbocycles.